The SMILES string of the molecule is O=c1n(-c2ccccc2)c(=O)n2n1[C@@H]1C=C[C@@H]2[C@H]2/C(=N/Nc3ccc([N+](=O)[O-])cc3[N+](=O)[O-])C[C@@H]21. The second kappa shape index (κ2) is 7.35. The van der Waals surface area contributed by atoms with E-state index in [2.05, 4.69) is 10.5 Å². The lowest BCUT2D eigenvalue weighted by Crippen LogP contribution is -2.57. The summed E-state index contributed by atoms with van der Waals surface area (Å²) in [5.74, 6) is -0.0977. The lowest BCUT2D eigenvalue weighted by Gasteiger charge is -2.52. The van der Waals surface area contributed by atoms with Crippen LogP contribution < -0.4 is 16.8 Å². The molecule has 0 saturated heterocycles. The Balaban J connectivity index is 1.35. The molecule has 1 saturated carbocycles. The van der Waals surface area contributed by atoms with Gasteiger partial charge in [0.25, 0.3) is 5.69 Å². The van der Waals surface area contributed by atoms with Crippen molar-refractivity contribution in [3.8, 4) is 5.69 Å². The number of non-ortho nitro benzene ring substituents is 1. The first-order chi connectivity index (χ1) is 16.9. The van der Waals surface area contributed by atoms with Crippen molar-refractivity contribution in [1.82, 2.24) is 13.9 Å². The van der Waals surface area contributed by atoms with Crippen LogP contribution in [0.2, 0.25) is 0 Å². The zero-order chi connectivity index (χ0) is 24.4. The van der Waals surface area contributed by atoms with Crippen molar-refractivity contribution < 1.29 is 9.85 Å². The number of nitrogens with zero attached hydrogens (tertiary/aromatic N) is 6. The third kappa shape index (κ3) is 2.90. The number of nitrogens with one attached hydrogen (secondary N) is 1. The van der Waals surface area contributed by atoms with Crippen LogP contribution in [0.4, 0.5) is 17.1 Å². The lowest BCUT2D eigenvalue weighted by atomic mass is 9.61. The third-order valence-electron chi connectivity index (χ3n) is 6.90. The average molecular weight is 475 g/mol. The maximum absolute atomic E-state index is 13.3. The topological polar surface area (TPSA) is 160 Å². The molecule has 13 heteroatoms. The van der Waals surface area contributed by atoms with Gasteiger partial charge >= 0.3 is 17.1 Å². The van der Waals surface area contributed by atoms with Crippen molar-refractivity contribution in [2.45, 2.75) is 18.5 Å². The molecule has 3 aromatic rings. The molecule has 4 aliphatic rings. The summed E-state index contributed by atoms with van der Waals surface area (Å²) in [7, 11) is 0. The van der Waals surface area contributed by atoms with Crippen molar-refractivity contribution in [2.24, 2.45) is 16.9 Å². The van der Waals surface area contributed by atoms with E-state index in [-0.39, 0.29) is 23.6 Å². The van der Waals surface area contributed by atoms with Crippen molar-refractivity contribution in [3.63, 3.8) is 0 Å². The van der Waals surface area contributed by atoms with Gasteiger partial charge in [0.15, 0.2) is 0 Å². The molecule has 0 spiro atoms. The molecule has 0 radical (unpaired) electrons. The average Bonchev–Trinajstić information content (AvgIpc) is 3.11. The minimum Gasteiger partial charge on any atom is -0.272 e. The van der Waals surface area contributed by atoms with Gasteiger partial charge in [0.1, 0.15) is 5.69 Å². The summed E-state index contributed by atoms with van der Waals surface area (Å²) < 4.78 is 4.13. The molecule has 176 valence electrons. The second-order valence-electron chi connectivity index (χ2n) is 8.62. The highest BCUT2D eigenvalue weighted by molar-refractivity contribution is 5.94. The molecule has 2 aliphatic carbocycles. The summed E-state index contributed by atoms with van der Waals surface area (Å²) in [6, 6.07) is 11.3. The maximum atomic E-state index is 13.3. The summed E-state index contributed by atoms with van der Waals surface area (Å²) in [5, 5.41) is 26.7. The molecular formula is C22H17N7O6. The number of hydrogen-bond donors (Lipinski definition) is 1. The number of nitro benzene ring substituents is 2. The van der Waals surface area contributed by atoms with E-state index in [0.29, 0.717) is 17.8 Å². The first kappa shape index (κ1) is 20.8. The minimum absolute atomic E-state index is 0.0253. The van der Waals surface area contributed by atoms with Crippen molar-refractivity contribution in [3.05, 3.63) is 102 Å². The van der Waals surface area contributed by atoms with Gasteiger partial charge in [-0.25, -0.2) is 23.5 Å². The van der Waals surface area contributed by atoms with Crippen molar-refractivity contribution in [2.75, 3.05) is 5.43 Å². The molecule has 7 rings (SSSR count). The molecule has 3 heterocycles. The van der Waals surface area contributed by atoms with Crippen LogP contribution in [0.5, 0.6) is 0 Å². The molecule has 1 fully saturated rings. The Bertz CT molecular complexity index is 1580. The Hall–Kier alpha value is -4.81. The Labute approximate surface area is 195 Å². The van der Waals surface area contributed by atoms with E-state index in [1.165, 1.54) is 15.4 Å². The van der Waals surface area contributed by atoms with E-state index < -0.39 is 38.6 Å². The molecule has 1 N–H and O–H groups in total. The Kier molecular flexibility index (Phi) is 4.36. The number of hydrogen-bond acceptors (Lipinski definition) is 8. The zero-order valence-electron chi connectivity index (χ0n) is 17.9. The van der Waals surface area contributed by atoms with Gasteiger partial charge in [-0.05, 0) is 24.6 Å². The van der Waals surface area contributed by atoms with E-state index in [1.807, 2.05) is 12.2 Å². The van der Waals surface area contributed by atoms with Crippen LogP contribution in [-0.2, 0) is 0 Å². The number of allylic oxidation sites excluding steroid dienone is 2. The van der Waals surface area contributed by atoms with E-state index in [0.717, 1.165) is 16.7 Å². The van der Waals surface area contributed by atoms with Crippen molar-refractivity contribution >= 4 is 22.8 Å². The molecule has 13 nitrogen and oxygen atoms in total. The van der Waals surface area contributed by atoms with Gasteiger partial charge in [-0.15, -0.1) is 0 Å². The summed E-state index contributed by atoms with van der Waals surface area (Å²) in [5.41, 5.74) is 2.20. The predicted octanol–water partition coefficient (Wildman–Crippen LogP) is 2.39. The fraction of sp³-hybridized carbons (Fsp3) is 0.227. The minimum atomic E-state index is -0.713. The summed E-state index contributed by atoms with van der Waals surface area (Å²) >= 11 is 0. The summed E-state index contributed by atoms with van der Waals surface area (Å²) in [6.07, 6.45) is 4.37. The van der Waals surface area contributed by atoms with Crippen molar-refractivity contribution in [1.29, 1.82) is 0 Å². The summed E-state index contributed by atoms with van der Waals surface area (Å²) in [4.78, 5) is 47.4. The number of hydrazone groups is 1. The molecule has 2 aromatic carbocycles. The molecule has 1 aromatic heterocycles. The molecule has 2 aliphatic heterocycles. The van der Waals surface area contributed by atoms with Gasteiger partial charge in [-0.2, -0.15) is 5.10 Å². The van der Waals surface area contributed by atoms with Crippen LogP contribution in [0, 0.1) is 32.1 Å². The third-order valence-corrected chi connectivity index (χ3v) is 6.90. The molecular weight excluding hydrogens is 458 g/mol. The normalized spacial score (nSPS) is 24.5. The number of rotatable bonds is 5. The smallest absolute Gasteiger partial charge is 0.272 e. The lowest BCUT2D eigenvalue weighted by molar-refractivity contribution is -0.393. The van der Waals surface area contributed by atoms with E-state index in [4.69, 9.17) is 0 Å². The van der Waals surface area contributed by atoms with Gasteiger partial charge in [-0.1, -0.05) is 30.4 Å². The van der Waals surface area contributed by atoms with Gasteiger partial charge < -0.3 is 0 Å². The van der Waals surface area contributed by atoms with Crippen LogP contribution in [-0.4, -0.2) is 29.5 Å². The van der Waals surface area contributed by atoms with Gasteiger partial charge in [-0.3, -0.25) is 25.7 Å². The van der Waals surface area contributed by atoms with Crippen LogP contribution in [0.25, 0.3) is 5.69 Å². The predicted molar refractivity (Wildman–Crippen MR) is 124 cm³/mol. The fourth-order valence-corrected chi connectivity index (χ4v) is 5.30. The monoisotopic (exact) mass is 475 g/mol. The molecule has 4 atom stereocenters. The van der Waals surface area contributed by atoms with Crippen LogP contribution in [0.1, 0.15) is 18.5 Å². The van der Waals surface area contributed by atoms with Gasteiger partial charge in [0, 0.05) is 23.6 Å². The first-order valence-corrected chi connectivity index (χ1v) is 10.8. The number of para-hydroxylation sites is 1. The molecule has 35 heavy (non-hydrogen) atoms. The maximum Gasteiger partial charge on any atom is 0.352 e. The standard InChI is InChI=1S/C22H17N7O6/c30-21-25(12-4-2-1-3-5-12)22(31)27-18-9-8-17(26(21)27)14-11-16(20(14)18)24-23-15-7-6-13(28(32)33)10-19(15)29(34)35/h1-10,14,17-18,20,23H,11H2/b24-16+/t14-,17-,18-,20-/m1/s1. The van der Waals surface area contributed by atoms with Gasteiger partial charge in [0.2, 0.25) is 0 Å². The quantitative estimate of drug-likeness (QED) is 0.337. The highest BCUT2D eigenvalue weighted by Gasteiger charge is 2.55. The number of anilines is 1. The van der Waals surface area contributed by atoms with Crippen LogP contribution in [0.15, 0.2) is 75.4 Å². The van der Waals surface area contributed by atoms with E-state index >= 15 is 0 Å². The largest absolute Gasteiger partial charge is 0.352 e. The van der Waals surface area contributed by atoms with E-state index in [9.17, 15) is 29.8 Å². The molecule has 0 unspecified atom stereocenters. The van der Waals surface area contributed by atoms with Crippen LogP contribution in [0.3, 0.4) is 0 Å². The summed E-state index contributed by atoms with van der Waals surface area (Å²) in [6.45, 7) is 0. The second-order valence-corrected chi connectivity index (χ2v) is 8.62. The Morgan fingerprint density at radius 3 is 2.29 bits per heavy atom. The zero-order valence-corrected chi connectivity index (χ0v) is 17.9. The molecule has 0 amide bonds. The Morgan fingerprint density at radius 2 is 1.60 bits per heavy atom. The highest BCUT2D eigenvalue weighted by Crippen LogP contribution is 2.52. The first-order valence-electron chi connectivity index (χ1n) is 10.8. The van der Waals surface area contributed by atoms with E-state index in [1.54, 1.807) is 30.3 Å². The number of aromatic nitrogens is 3. The number of nitro groups is 2. The van der Waals surface area contributed by atoms with Crippen LogP contribution >= 0.6 is 0 Å². The Morgan fingerprint density at radius 1 is 0.914 bits per heavy atom. The van der Waals surface area contributed by atoms with Gasteiger partial charge in [0.05, 0.1) is 33.7 Å². The number of benzene rings is 2. The highest BCUT2D eigenvalue weighted by atomic mass is 16.6. The molecule has 2 bridgehead atoms. The fourth-order valence-electron chi connectivity index (χ4n) is 5.30.